The molecule has 2 N–H and O–H groups in total. The number of rotatable bonds is 4. The second-order valence-electron chi connectivity index (χ2n) is 4.85. The minimum absolute atomic E-state index is 0.118. The summed E-state index contributed by atoms with van der Waals surface area (Å²) in [6, 6.07) is 11.1. The van der Waals surface area contributed by atoms with Crippen molar-refractivity contribution in [2.24, 2.45) is 0 Å². The Hall–Kier alpha value is -1.71. The van der Waals surface area contributed by atoms with Gasteiger partial charge in [0.1, 0.15) is 0 Å². The molecule has 2 aromatic rings. The number of hydrogen-bond acceptors (Lipinski definition) is 2. The van der Waals surface area contributed by atoms with Crippen LogP contribution in [0, 0.1) is 13.8 Å². The van der Waals surface area contributed by atoms with E-state index in [0.29, 0.717) is 15.7 Å². The zero-order valence-corrected chi connectivity index (χ0v) is 13.3. The lowest BCUT2D eigenvalue weighted by atomic mass is 10.2. The molecule has 0 saturated carbocycles. The number of hydrogen-bond donors (Lipinski definition) is 2. The SMILES string of the molecule is Cc1cccc(NC(=O)CNc2cc(Cl)c(C)cc2Cl)c1. The predicted molar refractivity (Wildman–Crippen MR) is 89.5 cm³/mol. The number of benzene rings is 2. The molecule has 0 heterocycles. The molecular formula is C16H16Cl2N2O. The van der Waals surface area contributed by atoms with Gasteiger partial charge in [-0.1, -0.05) is 35.3 Å². The first-order valence-corrected chi connectivity index (χ1v) is 7.27. The maximum absolute atomic E-state index is 11.9. The number of amides is 1. The van der Waals surface area contributed by atoms with Gasteiger partial charge in [-0.3, -0.25) is 4.79 Å². The van der Waals surface area contributed by atoms with Gasteiger partial charge in [0, 0.05) is 10.7 Å². The zero-order valence-electron chi connectivity index (χ0n) is 11.8. The molecule has 0 aromatic heterocycles. The Morgan fingerprint density at radius 3 is 2.57 bits per heavy atom. The first kappa shape index (κ1) is 15.7. The highest BCUT2D eigenvalue weighted by Gasteiger charge is 2.07. The Kier molecular flexibility index (Phi) is 5.10. The molecule has 3 nitrogen and oxygen atoms in total. The third-order valence-electron chi connectivity index (χ3n) is 2.99. The van der Waals surface area contributed by atoms with Crippen LogP contribution in [0.1, 0.15) is 11.1 Å². The molecule has 0 fully saturated rings. The second-order valence-corrected chi connectivity index (χ2v) is 5.67. The lowest BCUT2D eigenvalue weighted by Gasteiger charge is -2.11. The molecule has 0 aliphatic carbocycles. The Morgan fingerprint density at radius 2 is 1.86 bits per heavy atom. The number of nitrogens with one attached hydrogen (secondary N) is 2. The summed E-state index contributed by atoms with van der Waals surface area (Å²) in [6.45, 7) is 3.97. The highest BCUT2D eigenvalue weighted by atomic mass is 35.5. The van der Waals surface area contributed by atoms with Gasteiger partial charge in [0.05, 0.1) is 17.3 Å². The van der Waals surface area contributed by atoms with E-state index in [1.165, 1.54) is 0 Å². The summed E-state index contributed by atoms with van der Waals surface area (Å²) >= 11 is 12.2. The summed E-state index contributed by atoms with van der Waals surface area (Å²) in [5.41, 5.74) is 3.41. The second kappa shape index (κ2) is 6.83. The van der Waals surface area contributed by atoms with Crippen LogP contribution in [0.2, 0.25) is 10.0 Å². The molecule has 5 heteroatoms. The molecule has 0 saturated heterocycles. The summed E-state index contributed by atoms with van der Waals surface area (Å²) in [5.74, 6) is -0.145. The number of carbonyl (C=O) groups excluding carboxylic acids is 1. The molecule has 0 aliphatic rings. The molecule has 2 rings (SSSR count). The van der Waals surface area contributed by atoms with E-state index >= 15 is 0 Å². The smallest absolute Gasteiger partial charge is 0.243 e. The van der Waals surface area contributed by atoms with Crippen molar-refractivity contribution in [1.82, 2.24) is 0 Å². The van der Waals surface area contributed by atoms with E-state index in [-0.39, 0.29) is 12.5 Å². The van der Waals surface area contributed by atoms with Crippen LogP contribution in [0.15, 0.2) is 36.4 Å². The third kappa shape index (κ3) is 4.38. The van der Waals surface area contributed by atoms with Crippen molar-refractivity contribution < 1.29 is 4.79 Å². The van der Waals surface area contributed by atoms with E-state index in [0.717, 1.165) is 16.8 Å². The summed E-state index contributed by atoms with van der Waals surface area (Å²) < 4.78 is 0. The van der Waals surface area contributed by atoms with Crippen LogP contribution in [-0.4, -0.2) is 12.5 Å². The van der Waals surface area contributed by atoms with E-state index < -0.39 is 0 Å². The molecule has 0 radical (unpaired) electrons. The molecule has 0 spiro atoms. The Morgan fingerprint density at radius 1 is 1.10 bits per heavy atom. The van der Waals surface area contributed by atoms with E-state index in [1.54, 1.807) is 12.1 Å². The van der Waals surface area contributed by atoms with Gasteiger partial charge in [-0.25, -0.2) is 0 Å². The van der Waals surface area contributed by atoms with Gasteiger partial charge in [0.2, 0.25) is 5.91 Å². The van der Waals surface area contributed by atoms with Gasteiger partial charge in [0.25, 0.3) is 0 Å². The molecule has 0 unspecified atom stereocenters. The van der Waals surface area contributed by atoms with Crippen LogP contribution in [0.5, 0.6) is 0 Å². The van der Waals surface area contributed by atoms with Crippen molar-refractivity contribution in [3.05, 3.63) is 57.6 Å². The van der Waals surface area contributed by atoms with Gasteiger partial charge in [0.15, 0.2) is 0 Å². The fourth-order valence-electron chi connectivity index (χ4n) is 1.89. The molecular weight excluding hydrogens is 307 g/mol. The Bertz CT molecular complexity index is 671. The number of aryl methyl sites for hydroxylation is 2. The van der Waals surface area contributed by atoms with Crippen LogP contribution in [0.25, 0.3) is 0 Å². The van der Waals surface area contributed by atoms with Crippen molar-refractivity contribution >= 4 is 40.5 Å². The number of carbonyl (C=O) groups is 1. The molecule has 0 bridgehead atoms. The van der Waals surface area contributed by atoms with E-state index in [1.807, 2.05) is 38.1 Å². The summed E-state index contributed by atoms with van der Waals surface area (Å²) in [5, 5.41) is 6.96. The fourth-order valence-corrected chi connectivity index (χ4v) is 2.33. The van der Waals surface area contributed by atoms with Crippen molar-refractivity contribution in [3.63, 3.8) is 0 Å². The average Bonchev–Trinajstić information content (AvgIpc) is 2.41. The predicted octanol–water partition coefficient (Wildman–Crippen LogP) is 4.66. The van der Waals surface area contributed by atoms with Crippen molar-refractivity contribution in [3.8, 4) is 0 Å². The molecule has 0 aliphatic heterocycles. The van der Waals surface area contributed by atoms with Crippen molar-refractivity contribution in [1.29, 1.82) is 0 Å². The zero-order chi connectivity index (χ0) is 15.4. The van der Waals surface area contributed by atoms with Gasteiger partial charge < -0.3 is 10.6 Å². The van der Waals surface area contributed by atoms with E-state index in [4.69, 9.17) is 23.2 Å². The van der Waals surface area contributed by atoms with Crippen LogP contribution in [0.4, 0.5) is 11.4 Å². The van der Waals surface area contributed by atoms with Gasteiger partial charge in [-0.2, -0.15) is 0 Å². The van der Waals surface area contributed by atoms with Gasteiger partial charge in [-0.05, 0) is 49.2 Å². The Labute approximate surface area is 134 Å². The summed E-state index contributed by atoms with van der Waals surface area (Å²) in [7, 11) is 0. The monoisotopic (exact) mass is 322 g/mol. The first-order valence-electron chi connectivity index (χ1n) is 6.52. The Balaban J connectivity index is 1.97. The quantitative estimate of drug-likeness (QED) is 0.859. The number of halogens is 2. The molecule has 2 aromatic carbocycles. The maximum atomic E-state index is 11.9. The van der Waals surface area contributed by atoms with E-state index in [9.17, 15) is 4.79 Å². The molecule has 0 atom stereocenters. The minimum Gasteiger partial charge on any atom is -0.375 e. The molecule has 21 heavy (non-hydrogen) atoms. The molecule has 1 amide bonds. The number of anilines is 2. The van der Waals surface area contributed by atoms with Crippen molar-refractivity contribution in [2.45, 2.75) is 13.8 Å². The fraction of sp³-hybridized carbons (Fsp3) is 0.188. The van der Waals surface area contributed by atoms with Crippen LogP contribution < -0.4 is 10.6 Å². The highest BCUT2D eigenvalue weighted by molar-refractivity contribution is 6.35. The van der Waals surface area contributed by atoms with E-state index in [2.05, 4.69) is 10.6 Å². The van der Waals surface area contributed by atoms with Gasteiger partial charge >= 0.3 is 0 Å². The summed E-state index contributed by atoms with van der Waals surface area (Å²) in [4.78, 5) is 11.9. The molecule has 110 valence electrons. The van der Waals surface area contributed by atoms with Crippen LogP contribution >= 0.6 is 23.2 Å². The largest absolute Gasteiger partial charge is 0.375 e. The van der Waals surface area contributed by atoms with Crippen LogP contribution in [0.3, 0.4) is 0 Å². The van der Waals surface area contributed by atoms with Crippen LogP contribution in [-0.2, 0) is 4.79 Å². The summed E-state index contributed by atoms with van der Waals surface area (Å²) in [6.07, 6.45) is 0. The maximum Gasteiger partial charge on any atom is 0.243 e. The topological polar surface area (TPSA) is 41.1 Å². The lowest BCUT2D eigenvalue weighted by Crippen LogP contribution is -2.21. The highest BCUT2D eigenvalue weighted by Crippen LogP contribution is 2.28. The third-order valence-corrected chi connectivity index (χ3v) is 3.71. The average molecular weight is 323 g/mol. The first-order chi connectivity index (χ1) is 9.95. The lowest BCUT2D eigenvalue weighted by molar-refractivity contribution is -0.114. The minimum atomic E-state index is -0.145. The normalized spacial score (nSPS) is 10.3. The van der Waals surface area contributed by atoms with Gasteiger partial charge in [-0.15, -0.1) is 0 Å². The standard InChI is InChI=1S/C16H16Cl2N2O/c1-10-4-3-5-12(6-10)20-16(21)9-19-15-8-13(17)11(2)7-14(15)18/h3-8,19H,9H2,1-2H3,(H,20,21). The van der Waals surface area contributed by atoms with Crippen molar-refractivity contribution in [2.75, 3.05) is 17.2 Å².